The molecular formula is C25H25N3O2S. The van der Waals surface area contributed by atoms with Gasteiger partial charge in [0.15, 0.2) is 5.13 Å². The fourth-order valence-electron chi connectivity index (χ4n) is 4.30. The lowest BCUT2D eigenvalue weighted by atomic mass is 9.76. The van der Waals surface area contributed by atoms with Gasteiger partial charge in [0, 0.05) is 17.4 Å². The highest BCUT2D eigenvalue weighted by Crippen LogP contribution is 2.41. The summed E-state index contributed by atoms with van der Waals surface area (Å²) >= 11 is 1.63. The molecule has 1 aliphatic carbocycles. The van der Waals surface area contributed by atoms with E-state index in [1.165, 1.54) is 0 Å². The maximum absolute atomic E-state index is 10.5. The normalized spacial score (nSPS) is 21.2. The topological polar surface area (TPSA) is 67.3 Å². The highest BCUT2D eigenvalue weighted by atomic mass is 32.1. The second-order valence-corrected chi connectivity index (χ2v) is 9.46. The first-order chi connectivity index (χ1) is 15.1. The van der Waals surface area contributed by atoms with Crippen molar-refractivity contribution in [1.29, 1.82) is 0 Å². The second-order valence-electron chi connectivity index (χ2n) is 8.43. The molecule has 5 rings (SSSR count). The van der Waals surface area contributed by atoms with Gasteiger partial charge < -0.3 is 15.2 Å². The van der Waals surface area contributed by atoms with Gasteiger partial charge in [-0.1, -0.05) is 29.5 Å². The van der Waals surface area contributed by atoms with Crippen molar-refractivity contribution in [3.63, 3.8) is 0 Å². The van der Waals surface area contributed by atoms with Gasteiger partial charge in [-0.25, -0.2) is 9.97 Å². The molecule has 4 aromatic rings. The van der Waals surface area contributed by atoms with E-state index < -0.39 is 5.60 Å². The van der Waals surface area contributed by atoms with Crippen LogP contribution >= 0.6 is 11.3 Å². The molecule has 0 saturated heterocycles. The van der Waals surface area contributed by atoms with E-state index in [-0.39, 0.29) is 5.92 Å². The summed E-state index contributed by atoms with van der Waals surface area (Å²) in [6.45, 7) is 1.92. The van der Waals surface area contributed by atoms with Gasteiger partial charge in [0.25, 0.3) is 0 Å². The predicted molar refractivity (Wildman–Crippen MR) is 125 cm³/mol. The number of hydrogen-bond acceptors (Lipinski definition) is 6. The highest BCUT2D eigenvalue weighted by Gasteiger charge is 2.32. The van der Waals surface area contributed by atoms with Crippen LogP contribution < -0.4 is 10.1 Å². The Kier molecular flexibility index (Phi) is 5.34. The van der Waals surface area contributed by atoms with E-state index in [2.05, 4.69) is 27.4 Å². The summed E-state index contributed by atoms with van der Waals surface area (Å²) in [6, 6.07) is 20.0. The Balaban J connectivity index is 1.31. The fraction of sp³-hybridized carbons (Fsp3) is 0.280. The molecule has 0 bridgehead atoms. The van der Waals surface area contributed by atoms with Gasteiger partial charge >= 0.3 is 0 Å². The van der Waals surface area contributed by atoms with Crippen molar-refractivity contribution in [2.75, 3.05) is 5.32 Å². The first kappa shape index (κ1) is 20.0. The van der Waals surface area contributed by atoms with Gasteiger partial charge in [-0.3, -0.25) is 0 Å². The Morgan fingerprint density at radius 3 is 2.74 bits per heavy atom. The molecule has 2 heterocycles. The molecule has 0 unspecified atom stereocenters. The molecule has 2 atom stereocenters. The third-order valence-electron chi connectivity index (χ3n) is 5.81. The molecule has 1 fully saturated rings. The van der Waals surface area contributed by atoms with Crippen molar-refractivity contribution in [1.82, 2.24) is 9.97 Å². The van der Waals surface area contributed by atoms with Gasteiger partial charge in [-0.2, -0.15) is 0 Å². The first-order valence-corrected chi connectivity index (χ1v) is 11.5. The quantitative estimate of drug-likeness (QED) is 0.371. The number of aromatic nitrogens is 2. The number of rotatable bonds is 5. The van der Waals surface area contributed by atoms with Crippen molar-refractivity contribution in [2.24, 2.45) is 0 Å². The summed E-state index contributed by atoms with van der Waals surface area (Å²) < 4.78 is 7.31. The fourth-order valence-corrected chi connectivity index (χ4v) is 5.18. The van der Waals surface area contributed by atoms with Crippen LogP contribution in [-0.4, -0.2) is 20.7 Å². The SMILES string of the molecule is C[C@@]1(O)CCC[C@@H](c2cccnc2Oc2ccc(Nc3nc4ccccc4s3)cc2)C1. The zero-order chi connectivity index (χ0) is 21.3. The van der Waals surface area contributed by atoms with Gasteiger partial charge in [-0.15, -0.1) is 0 Å². The van der Waals surface area contributed by atoms with Crippen molar-refractivity contribution in [2.45, 2.75) is 44.1 Å². The third-order valence-corrected chi connectivity index (χ3v) is 6.76. The number of thiazole rings is 1. The molecule has 2 N–H and O–H groups in total. The Labute approximate surface area is 185 Å². The number of nitrogens with one attached hydrogen (secondary N) is 1. The van der Waals surface area contributed by atoms with Crippen LogP contribution in [0.5, 0.6) is 11.6 Å². The number of ether oxygens (including phenoxy) is 1. The van der Waals surface area contributed by atoms with Crippen LogP contribution in [0.15, 0.2) is 66.9 Å². The molecule has 1 aliphatic rings. The average molecular weight is 432 g/mol. The monoisotopic (exact) mass is 431 g/mol. The second kappa shape index (κ2) is 8.29. The molecular weight excluding hydrogens is 406 g/mol. The first-order valence-electron chi connectivity index (χ1n) is 10.6. The number of pyridine rings is 1. The summed E-state index contributed by atoms with van der Waals surface area (Å²) in [6.07, 6.45) is 5.40. The van der Waals surface area contributed by atoms with E-state index in [9.17, 15) is 5.11 Å². The number of benzene rings is 2. The Morgan fingerprint density at radius 1 is 1.10 bits per heavy atom. The number of para-hydroxylation sites is 1. The molecule has 0 amide bonds. The summed E-state index contributed by atoms with van der Waals surface area (Å²) in [5, 5.41) is 14.7. The smallest absolute Gasteiger partial charge is 0.222 e. The van der Waals surface area contributed by atoms with Gasteiger partial charge in [0.05, 0.1) is 15.8 Å². The van der Waals surface area contributed by atoms with Crippen LogP contribution in [0.3, 0.4) is 0 Å². The van der Waals surface area contributed by atoms with Crippen molar-refractivity contribution >= 4 is 32.4 Å². The Morgan fingerprint density at radius 2 is 1.94 bits per heavy atom. The molecule has 6 heteroatoms. The van der Waals surface area contributed by atoms with Crippen LogP contribution in [0.25, 0.3) is 10.2 Å². The van der Waals surface area contributed by atoms with Crippen LogP contribution in [0.2, 0.25) is 0 Å². The van der Waals surface area contributed by atoms with Crippen LogP contribution in [0, 0.1) is 0 Å². The maximum Gasteiger partial charge on any atom is 0.222 e. The highest BCUT2D eigenvalue weighted by molar-refractivity contribution is 7.22. The minimum Gasteiger partial charge on any atom is -0.439 e. The lowest BCUT2D eigenvalue weighted by Gasteiger charge is -2.34. The number of anilines is 2. The molecule has 2 aromatic heterocycles. The van der Waals surface area contributed by atoms with Crippen molar-refractivity contribution in [3.8, 4) is 11.6 Å². The Bertz CT molecular complexity index is 1150. The largest absolute Gasteiger partial charge is 0.439 e. The predicted octanol–water partition coefficient (Wildman–Crippen LogP) is 6.64. The molecule has 0 aliphatic heterocycles. The summed E-state index contributed by atoms with van der Waals surface area (Å²) in [4.78, 5) is 9.10. The van der Waals surface area contributed by atoms with E-state index in [1.807, 2.05) is 55.5 Å². The maximum atomic E-state index is 10.5. The molecule has 158 valence electrons. The molecule has 31 heavy (non-hydrogen) atoms. The molecule has 0 spiro atoms. The molecule has 2 aromatic carbocycles. The number of hydrogen-bond donors (Lipinski definition) is 2. The van der Waals surface area contributed by atoms with E-state index in [0.717, 1.165) is 58.0 Å². The van der Waals surface area contributed by atoms with Gasteiger partial charge in [0.1, 0.15) is 5.75 Å². The lowest BCUT2D eigenvalue weighted by Crippen LogP contribution is -2.30. The molecule has 0 radical (unpaired) electrons. The van der Waals surface area contributed by atoms with Crippen LogP contribution in [0.4, 0.5) is 10.8 Å². The third kappa shape index (κ3) is 4.55. The van der Waals surface area contributed by atoms with E-state index in [4.69, 9.17) is 4.74 Å². The van der Waals surface area contributed by atoms with Gasteiger partial charge in [-0.05, 0) is 81.0 Å². The Hall–Kier alpha value is -2.96. The van der Waals surface area contributed by atoms with Crippen molar-refractivity contribution in [3.05, 3.63) is 72.4 Å². The number of fused-ring (bicyclic) bond motifs is 1. The van der Waals surface area contributed by atoms with Crippen molar-refractivity contribution < 1.29 is 9.84 Å². The van der Waals surface area contributed by atoms with Crippen LogP contribution in [-0.2, 0) is 0 Å². The number of aliphatic hydroxyl groups is 1. The average Bonchev–Trinajstić information content (AvgIpc) is 3.17. The standard InChI is InChI=1S/C25H25N3O2S/c1-25(29)14-4-6-17(16-25)20-7-5-15-26-23(20)30-19-12-10-18(11-13-19)27-24-28-21-8-2-3-9-22(21)31-24/h2-3,5,7-13,15,17,29H,4,6,14,16H2,1H3,(H,27,28)/t17-,25-/m1/s1. The van der Waals surface area contributed by atoms with E-state index in [1.54, 1.807) is 17.5 Å². The van der Waals surface area contributed by atoms with Crippen LogP contribution in [0.1, 0.15) is 44.1 Å². The molecule has 1 saturated carbocycles. The number of nitrogens with zero attached hydrogens (tertiary/aromatic N) is 2. The van der Waals surface area contributed by atoms with E-state index >= 15 is 0 Å². The lowest BCUT2D eigenvalue weighted by molar-refractivity contribution is 0.0142. The zero-order valence-corrected chi connectivity index (χ0v) is 18.2. The minimum atomic E-state index is -0.621. The molecule has 5 nitrogen and oxygen atoms in total. The summed E-state index contributed by atoms with van der Waals surface area (Å²) in [5.74, 6) is 1.61. The minimum absolute atomic E-state index is 0.257. The zero-order valence-electron chi connectivity index (χ0n) is 17.4. The summed E-state index contributed by atoms with van der Waals surface area (Å²) in [5.41, 5.74) is 2.40. The van der Waals surface area contributed by atoms with Gasteiger partial charge in [0.2, 0.25) is 5.88 Å². The van der Waals surface area contributed by atoms with E-state index in [0.29, 0.717) is 5.88 Å². The summed E-state index contributed by atoms with van der Waals surface area (Å²) in [7, 11) is 0.